The SMILES string of the molecule is OC1(Cc2ccccc2SC2CC2)CC1. The van der Waals surface area contributed by atoms with Crippen LogP contribution in [0.25, 0.3) is 0 Å². The van der Waals surface area contributed by atoms with Gasteiger partial charge in [0.15, 0.2) is 0 Å². The fourth-order valence-corrected chi connectivity index (χ4v) is 2.99. The molecule has 0 amide bonds. The number of aliphatic hydroxyl groups is 1. The van der Waals surface area contributed by atoms with E-state index in [0.29, 0.717) is 0 Å². The van der Waals surface area contributed by atoms with Crippen LogP contribution in [0, 0.1) is 0 Å². The Balaban J connectivity index is 1.78. The lowest BCUT2D eigenvalue weighted by molar-refractivity contribution is 0.150. The molecular formula is C13H16OS. The van der Waals surface area contributed by atoms with Crippen molar-refractivity contribution in [2.24, 2.45) is 0 Å². The largest absolute Gasteiger partial charge is 0.390 e. The summed E-state index contributed by atoms with van der Waals surface area (Å²) in [5.74, 6) is 0. The van der Waals surface area contributed by atoms with Crippen LogP contribution >= 0.6 is 11.8 Å². The van der Waals surface area contributed by atoms with Gasteiger partial charge in [0.05, 0.1) is 5.60 Å². The van der Waals surface area contributed by atoms with E-state index in [0.717, 1.165) is 24.5 Å². The smallest absolute Gasteiger partial charge is 0.0690 e. The topological polar surface area (TPSA) is 20.2 Å². The lowest BCUT2D eigenvalue weighted by atomic mass is 10.1. The van der Waals surface area contributed by atoms with Crippen molar-refractivity contribution >= 4 is 11.8 Å². The van der Waals surface area contributed by atoms with E-state index < -0.39 is 0 Å². The highest BCUT2D eigenvalue weighted by molar-refractivity contribution is 8.00. The molecule has 15 heavy (non-hydrogen) atoms. The average molecular weight is 220 g/mol. The quantitative estimate of drug-likeness (QED) is 0.841. The first-order chi connectivity index (χ1) is 7.25. The Labute approximate surface area is 94.9 Å². The molecule has 1 N–H and O–H groups in total. The Morgan fingerprint density at radius 1 is 1.27 bits per heavy atom. The first-order valence-electron chi connectivity index (χ1n) is 5.72. The monoisotopic (exact) mass is 220 g/mol. The van der Waals surface area contributed by atoms with E-state index in [1.807, 2.05) is 11.8 Å². The van der Waals surface area contributed by atoms with E-state index in [4.69, 9.17) is 0 Å². The second-order valence-electron chi connectivity index (χ2n) is 4.83. The molecule has 1 nitrogen and oxygen atoms in total. The maximum Gasteiger partial charge on any atom is 0.0690 e. The zero-order chi connectivity index (χ0) is 10.3. The third kappa shape index (κ3) is 2.37. The second-order valence-corrected chi connectivity index (χ2v) is 6.17. The fourth-order valence-electron chi connectivity index (χ4n) is 1.81. The minimum atomic E-state index is -0.361. The van der Waals surface area contributed by atoms with Gasteiger partial charge >= 0.3 is 0 Å². The van der Waals surface area contributed by atoms with Gasteiger partial charge in [0.2, 0.25) is 0 Å². The van der Waals surface area contributed by atoms with Crippen LogP contribution in [-0.4, -0.2) is 16.0 Å². The Morgan fingerprint density at radius 3 is 2.67 bits per heavy atom. The fraction of sp³-hybridized carbons (Fsp3) is 0.538. The molecule has 0 spiro atoms. The highest BCUT2D eigenvalue weighted by Gasteiger charge is 2.40. The predicted molar refractivity (Wildman–Crippen MR) is 63.2 cm³/mol. The van der Waals surface area contributed by atoms with Crippen LogP contribution in [-0.2, 0) is 6.42 Å². The van der Waals surface area contributed by atoms with Crippen molar-refractivity contribution in [3.8, 4) is 0 Å². The van der Waals surface area contributed by atoms with E-state index in [1.54, 1.807) is 0 Å². The summed E-state index contributed by atoms with van der Waals surface area (Å²) >= 11 is 1.99. The predicted octanol–water partition coefficient (Wildman–Crippen LogP) is 3.01. The van der Waals surface area contributed by atoms with Crippen molar-refractivity contribution in [1.29, 1.82) is 0 Å². The molecular weight excluding hydrogens is 204 g/mol. The number of hydrogen-bond donors (Lipinski definition) is 1. The average Bonchev–Trinajstić information content (AvgIpc) is 3.10. The van der Waals surface area contributed by atoms with E-state index in [-0.39, 0.29) is 5.60 Å². The summed E-state index contributed by atoms with van der Waals surface area (Å²) in [7, 11) is 0. The molecule has 0 heterocycles. The van der Waals surface area contributed by atoms with Crippen molar-refractivity contribution in [2.45, 2.75) is 47.9 Å². The molecule has 0 atom stereocenters. The zero-order valence-electron chi connectivity index (χ0n) is 8.78. The summed E-state index contributed by atoms with van der Waals surface area (Å²) in [5, 5.41) is 10.8. The van der Waals surface area contributed by atoms with Crippen LogP contribution < -0.4 is 0 Å². The molecule has 1 aromatic rings. The molecule has 0 radical (unpaired) electrons. The van der Waals surface area contributed by atoms with Gasteiger partial charge in [0.1, 0.15) is 0 Å². The zero-order valence-corrected chi connectivity index (χ0v) is 9.59. The summed E-state index contributed by atoms with van der Waals surface area (Å²) in [4.78, 5) is 1.39. The van der Waals surface area contributed by atoms with Crippen molar-refractivity contribution < 1.29 is 5.11 Å². The minimum absolute atomic E-state index is 0.361. The van der Waals surface area contributed by atoms with Gasteiger partial charge in [-0.15, -0.1) is 11.8 Å². The maximum absolute atomic E-state index is 9.95. The Bertz CT molecular complexity index is 367. The molecule has 0 bridgehead atoms. The van der Waals surface area contributed by atoms with Gasteiger partial charge in [-0.3, -0.25) is 0 Å². The van der Waals surface area contributed by atoms with Crippen LogP contribution in [0.3, 0.4) is 0 Å². The van der Waals surface area contributed by atoms with E-state index >= 15 is 0 Å². The number of benzene rings is 1. The lowest BCUT2D eigenvalue weighted by Crippen LogP contribution is -2.11. The standard InChI is InChI=1S/C13H16OS/c14-13(7-8-13)9-10-3-1-2-4-12(10)15-11-5-6-11/h1-4,11,14H,5-9H2. The molecule has 0 aromatic heterocycles. The van der Waals surface area contributed by atoms with Gasteiger partial charge in [-0.2, -0.15) is 0 Å². The molecule has 2 heteroatoms. The van der Waals surface area contributed by atoms with Gasteiger partial charge in [0.25, 0.3) is 0 Å². The van der Waals surface area contributed by atoms with Crippen LogP contribution in [0.1, 0.15) is 31.2 Å². The van der Waals surface area contributed by atoms with Crippen molar-refractivity contribution in [3.05, 3.63) is 29.8 Å². The van der Waals surface area contributed by atoms with E-state index in [1.165, 1.54) is 23.3 Å². The molecule has 2 saturated carbocycles. The van der Waals surface area contributed by atoms with Gasteiger partial charge in [-0.1, -0.05) is 18.2 Å². The first kappa shape index (κ1) is 9.73. The number of rotatable bonds is 4. The lowest BCUT2D eigenvalue weighted by Gasteiger charge is -2.11. The maximum atomic E-state index is 9.95. The number of thioether (sulfide) groups is 1. The van der Waals surface area contributed by atoms with Crippen molar-refractivity contribution in [1.82, 2.24) is 0 Å². The second kappa shape index (κ2) is 3.53. The van der Waals surface area contributed by atoms with Gasteiger partial charge < -0.3 is 5.11 Å². The Hall–Kier alpha value is -0.470. The van der Waals surface area contributed by atoms with Crippen LogP contribution in [0.2, 0.25) is 0 Å². The molecule has 0 unspecified atom stereocenters. The molecule has 2 aliphatic rings. The van der Waals surface area contributed by atoms with Crippen LogP contribution in [0.4, 0.5) is 0 Å². The van der Waals surface area contributed by atoms with Crippen LogP contribution in [0.15, 0.2) is 29.2 Å². The molecule has 0 aliphatic heterocycles. The third-order valence-corrected chi connectivity index (χ3v) is 4.59. The number of hydrogen-bond acceptors (Lipinski definition) is 2. The van der Waals surface area contributed by atoms with Crippen molar-refractivity contribution in [3.63, 3.8) is 0 Å². The summed E-state index contributed by atoms with van der Waals surface area (Å²) in [6, 6.07) is 8.55. The van der Waals surface area contributed by atoms with Crippen LogP contribution in [0.5, 0.6) is 0 Å². The Morgan fingerprint density at radius 2 is 2.00 bits per heavy atom. The third-order valence-electron chi connectivity index (χ3n) is 3.14. The molecule has 0 saturated heterocycles. The first-order valence-corrected chi connectivity index (χ1v) is 6.60. The van der Waals surface area contributed by atoms with Gasteiger partial charge in [-0.05, 0) is 37.3 Å². The van der Waals surface area contributed by atoms with Gasteiger partial charge in [0, 0.05) is 16.6 Å². The molecule has 3 rings (SSSR count). The van der Waals surface area contributed by atoms with Crippen molar-refractivity contribution in [2.75, 3.05) is 0 Å². The Kier molecular flexibility index (Phi) is 2.29. The van der Waals surface area contributed by atoms with E-state index in [2.05, 4.69) is 24.3 Å². The highest BCUT2D eigenvalue weighted by atomic mass is 32.2. The summed E-state index contributed by atoms with van der Waals surface area (Å²) in [6.07, 6.45) is 5.54. The van der Waals surface area contributed by atoms with E-state index in [9.17, 15) is 5.11 Å². The summed E-state index contributed by atoms with van der Waals surface area (Å²) in [6.45, 7) is 0. The highest BCUT2D eigenvalue weighted by Crippen LogP contribution is 2.44. The minimum Gasteiger partial charge on any atom is -0.390 e. The normalized spacial score (nSPS) is 22.7. The molecule has 2 fully saturated rings. The molecule has 1 aromatic carbocycles. The summed E-state index contributed by atoms with van der Waals surface area (Å²) in [5.41, 5.74) is 0.981. The summed E-state index contributed by atoms with van der Waals surface area (Å²) < 4.78 is 0. The molecule has 2 aliphatic carbocycles. The van der Waals surface area contributed by atoms with Gasteiger partial charge in [-0.25, -0.2) is 0 Å². The molecule has 80 valence electrons.